The molecule has 0 radical (unpaired) electrons. The van der Waals surface area contributed by atoms with Gasteiger partial charge in [0.1, 0.15) is 11.5 Å². The van der Waals surface area contributed by atoms with E-state index >= 15 is 0 Å². The molecule has 0 fully saturated rings. The van der Waals surface area contributed by atoms with Crippen LogP contribution in [0.1, 0.15) is 29.8 Å². The Balaban J connectivity index is 1.62. The number of amides is 1. The first kappa shape index (κ1) is 26.7. The molecule has 2 N–H and O–H groups in total. The second-order valence-electron chi connectivity index (χ2n) is 8.88. The highest BCUT2D eigenvalue weighted by atomic mass is 32.2. The Morgan fingerprint density at radius 3 is 2.29 bits per heavy atom. The van der Waals surface area contributed by atoms with Crippen molar-refractivity contribution >= 4 is 38.7 Å². The molecular weight excluding hydrogens is 504 g/mol. The van der Waals surface area contributed by atoms with Crippen LogP contribution in [-0.4, -0.2) is 39.3 Å². The maximum Gasteiger partial charge on any atom is 0.264 e. The second-order valence-corrected chi connectivity index (χ2v) is 10.6. The predicted octanol–water partition coefficient (Wildman–Crippen LogP) is 5.21. The molecule has 0 bridgehead atoms. The fourth-order valence-corrected chi connectivity index (χ4v) is 5.05. The smallest absolute Gasteiger partial charge is 0.264 e. The summed E-state index contributed by atoms with van der Waals surface area (Å²) in [5, 5.41) is 1.04. The molecule has 0 saturated heterocycles. The standard InChI is InChI=1S/C29H28N2O6S/c1-18(2)29(33)31-38(34,35)22-13-9-19(10-14-22)25(32)15-11-20-12-16-26(36-3)27(28(20)37-4)24-17-21-7-5-6-8-23(21)30-24/h5-18,30H,1-4H3,(H,31,33). The highest BCUT2D eigenvalue weighted by Gasteiger charge is 2.20. The quantitative estimate of drug-likeness (QED) is 0.226. The van der Waals surface area contributed by atoms with E-state index in [0.29, 0.717) is 22.6 Å². The first-order valence-electron chi connectivity index (χ1n) is 11.9. The van der Waals surface area contributed by atoms with Gasteiger partial charge in [-0.05, 0) is 60.7 Å². The van der Waals surface area contributed by atoms with E-state index in [2.05, 4.69) is 4.98 Å². The number of H-pyrrole nitrogens is 1. The molecule has 3 aromatic carbocycles. The van der Waals surface area contributed by atoms with Gasteiger partial charge in [0.15, 0.2) is 5.78 Å². The van der Waals surface area contributed by atoms with Crippen molar-refractivity contribution in [3.63, 3.8) is 0 Å². The molecule has 1 amide bonds. The summed E-state index contributed by atoms with van der Waals surface area (Å²) in [6.45, 7) is 3.19. The van der Waals surface area contributed by atoms with E-state index < -0.39 is 21.8 Å². The van der Waals surface area contributed by atoms with Gasteiger partial charge in [-0.1, -0.05) is 32.0 Å². The molecule has 0 spiro atoms. The lowest BCUT2D eigenvalue weighted by Crippen LogP contribution is -2.33. The SMILES string of the molecule is COc1ccc(C=CC(=O)c2ccc(S(=O)(=O)NC(=O)C(C)C)cc2)c(OC)c1-c1cc2ccccc2[nH]1. The summed E-state index contributed by atoms with van der Waals surface area (Å²) < 4.78 is 38.2. The van der Waals surface area contributed by atoms with Crippen molar-refractivity contribution in [2.24, 2.45) is 5.92 Å². The van der Waals surface area contributed by atoms with Gasteiger partial charge in [-0.15, -0.1) is 0 Å². The van der Waals surface area contributed by atoms with Crippen LogP contribution in [0.2, 0.25) is 0 Å². The van der Waals surface area contributed by atoms with Crippen molar-refractivity contribution < 1.29 is 27.5 Å². The molecule has 196 valence electrons. The molecule has 0 saturated carbocycles. The molecule has 8 nitrogen and oxygen atoms in total. The Labute approximate surface area is 221 Å². The molecule has 0 atom stereocenters. The first-order valence-corrected chi connectivity index (χ1v) is 13.3. The molecule has 1 aromatic heterocycles. The zero-order valence-corrected chi connectivity index (χ0v) is 22.3. The third-order valence-corrected chi connectivity index (χ3v) is 7.36. The largest absolute Gasteiger partial charge is 0.496 e. The molecule has 9 heteroatoms. The molecule has 0 unspecified atom stereocenters. The number of aromatic amines is 1. The normalized spacial score (nSPS) is 11.7. The lowest BCUT2D eigenvalue weighted by molar-refractivity contribution is -0.122. The van der Waals surface area contributed by atoms with E-state index in [9.17, 15) is 18.0 Å². The van der Waals surface area contributed by atoms with Crippen molar-refractivity contribution in [1.82, 2.24) is 9.71 Å². The zero-order chi connectivity index (χ0) is 27.4. The van der Waals surface area contributed by atoms with Gasteiger partial charge in [0, 0.05) is 27.9 Å². The minimum atomic E-state index is -4.02. The number of ether oxygens (including phenoxy) is 2. The Kier molecular flexibility index (Phi) is 7.68. The van der Waals surface area contributed by atoms with Crippen molar-refractivity contribution in [2.45, 2.75) is 18.7 Å². The van der Waals surface area contributed by atoms with Gasteiger partial charge in [-0.25, -0.2) is 13.1 Å². The monoisotopic (exact) mass is 532 g/mol. The Hall–Kier alpha value is -4.37. The topological polar surface area (TPSA) is 115 Å². The van der Waals surface area contributed by atoms with Crippen LogP contribution < -0.4 is 14.2 Å². The number of rotatable bonds is 9. The van der Waals surface area contributed by atoms with Gasteiger partial charge in [-0.2, -0.15) is 0 Å². The number of aromatic nitrogens is 1. The molecule has 1 heterocycles. The minimum absolute atomic E-state index is 0.105. The first-order chi connectivity index (χ1) is 18.1. The predicted molar refractivity (Wildman–Crippen MR) is 147 cm³/mol. The Morgan fingerprint density at radius 1 is 0.947 bits per heavy atom. The van der Waals surface area contributed by atoms with E-state index in [1.54, 1.807) is 46.3 Å². The van der Waals surface area contributed by atoms with Crippen LogP contribution in [0.5, 0.6) is 11.5 Å². The summed E-state index contributed by atoms with van der Waals surface area (Å²) >= 11 is 0. The van der Waals surface area contributed by atoms with Gasteiger partial charge < -0.3 is 14.5 Å². The average Bonchev–Trinajstić information content (AvgIpc) is 3.34. The average molecular weight is 533 g/mol. The van der Waals surface area contributed by atoms with Gasteiger partial charge in [0.25, 0.3) is 10.0 Å². The summed E-state index contributed by atoms with van der Waals surface area (Å²) in [5.74, 6) is -0.277. The summed E-state index contributed by atoms with van der Waals surface area (Å²) in [5.41, 5.74) is 3.45. The molecule has 4 aromatic rings. The second kappa shape index (κ2) is 10.9. The molecular formula is C29H28N2O6S. The number of allylic oxidation sites excluding steroid dienone is 1. The number of para-hydroxylation sites is 1. The summed E-state index contributed by atoms with van der Waals surface area (Å²) in [7, 11) is -0.885. The number of carbonyl (C=O) groups is 2. The van der Waals surface area contributed by atoms with E-state index in [0.717, 1.165) is 22.2 Å². The van der Waals surface area contributed by atoms with E-state index in [1.165, 1.54) is 30.3 Å². The van der Waals surface area contributed by atoms with Gasteiger partial charge in [0.05, 0.1) is 30.4 Å². The Bertz CT molecular complexity index is 1600. The Morgan fingerprint density at radius 2 is 1.66 bits per heavy atom. The molecule has 4 rings (SSSR count). The zero-order valence-electron chi connectivity index (χ0n) is 21.4. The van der Waals surface area contributed by atoms with Crippen molar-refractivity contribution in [1.29, 1.82) is 0 Å². The maximum absolute atomic E-state index is 12.9. The third kappa shape index (κ3) is 5.47. The number of benzene rings is 3. The van der Waals surface area contributed by atoms with E-state index in [-0.39, 0.29) is 10.7 Å². The fraction of sp³-hybridized carbons (Fsp3) is 0.172. The molecule has 0 aliphatic carbocycles. The molecule has 0 aliphatic heterocycles. The molecule has 38 heavy (non-hydrogen) atoms. The van der Waals surface area contributed by atoms with E-state index in [4.69, 9.17) is 9.47 Å². The number of ketones is 1. The lowest BCUT2D eigenvalue weighted by Gasteiger charge is -2.14. The van der Waals surface area contributed by atoms with Gasteiger partial charge in [0.2, 0.25) is 5.91 Å². The van der Waals surface area contributed by atoms with Crippen LogP contribution in [0.3, 0.4) is 0 Å². The van der Waals surface area contributed by atoms with Crippen molar-refractivity contribution in [3.05, 3.63) is 83.9 Å². The van der Waals surface area contributed by atoms with Crippen LogP contribution in [0.25, 0.3) is 28.2 Å². The number of hydrogen-bond acceptors (Lipinski definition) is 6. The van der Waals surface area contributed by atoms with Crippen LogP contribution in [0, 0.1) is 5.92 Å². The van der Waals surface area contributed by atoms with Crippen molar-refractivity contribution in [2.75, 3.05) is 14.2 Å². The fourth-order valence-electron chi connectivity index (χ4n) is 3.93. The van der Waals surface area contributed by atoms with Crippen LogP contribution in [-0.2, 0) is 14.8 Å². The number of fused-ring (bicyclic) bond motifs is 1. The maximum atomic E-state index is 12.9. The number of sulfonamides is 1. The third-order valence-electron chi connectivity index (χ3n) is 6.00. The van der Waals surface area contributed by atoms with Crippen LogP contribution >= 0.6 is 0 Å². The number of hydrogen-bond donors (Lipinski definition) is 2. The summed E-state index contributed by atoms with van der Waals surface area (Å²) in [6.07, 6.45) is 3.03. The summed E-state index contributed by atoms with van der Waals surface area (Å²) in [4.78, 5) is 28.0. The van der Waals surface area contributed by atoms with Crippen LogP contribution in [0.15, 0.2) is 77.7 Å². The number of methoxy groups -OCH3 is 2. The highest BCUT2D eigenvalue weighted by molar-refractivity contribution is 7.90. The van der Waals surface area contributed by atoms with E-state index in [1.807, 2.05) is 35.1 Å². The van der Waals surface area contributed by atoms with Crippen molar-refractivity contribution in [3.8, 4) is 22.8 Å². The van der Waals surface area contributed by atoms with Gasteiger partial charge >= 0.3 is 0 Å². The van der Waals surface area contributed by atoms with Crippen LogP contribution in [0.4, 0.5) is 0 Å². The summed E-state index contributed by atoms with van der Waals surface area (Å²) in [6, 6.07) is 18.9. The minimum Gasteiger partial charge on any atom is -0.496 e. The lowest BCUT2D eigenvalue weighted by atomic mass is 10.0. The highest BCUT2D eigenvalue weighted by Crippen LogP contribution is 2.42. The van der Waals surface area contributed by atoms with Gasteiger partial charge in [-0.3, -0.25) is 9.59 Å². The number of nitrogens with one attached hydrogen (secondary N) is 2. The number of carbonyl (C=O) groups excluding carboxylic acids is 2. The molecule has 0 aliphatic rings.